The first-order chi connectivity index (χ1) is 13.8. The van der Waals surface area contributed by atoms with Crippen molar-refractivity contribution in [2.45, 2.75) is 12.5 Å². The molecular weight excluding hydrogens is 404 g/mol. The van der Waals surface area contributed by atoms with Crippen LogP contribution in [0.4, 0.5) is 14.5 Å². The Bertz CT molecular complexity index is 970. The van der Waals surface area contributed by atoms with E-state index in [0.29, 0.717) is 10.7 Å². The number of amides is 3. The first-order valence-electron chi connectivity index (χ1n) is 8.83. The fraction of sp³-hybridized carbons (Fsp3) is 0.250. The minimum absolute atomic E-state index is 0.0450. The lowest BCUT2D eigenvalue weighted by molar-refractivity contribution is -0.131. The molecule has 0 bridgehead atoms. The van der Waals surface area contributed by atoms with Gasteiger partial charge in [0.15, 0.2) is 11.6 Å². The van der Waals surface area contributed by atoms with Gasteiger partial charge in [-0.15, -0.1) is 0 Å². The van der Waals surface area contributed by atoms with Crippen LogP contribution in [0.25, 0.3) is 0 Å². The van der Waals surface area contributed by atoms with Crippen LogP contribution < -0.4 is 15.5 Å². The number of halogens is 3. The molecule has 0 saturated carbocycles. The van der Waals surface area contributed by atoms with Gasteiger partial charge >= 0.3 is 0 Å². The fourth-order valence-electron chi connectivity index (χ4n) is 3.17. The van der Waals surface area contributed by atoms with Gasteiger partial charge in [-0.2, -0.15) is 0 Å². The summed E-state index contributed by atoms with van der Waals surface area (Å²) in [6.45, 7) is 0.114. The number of hydrogen-bond acceptors (Lipinski definition) is 3. The van der Waals surface area contributed by atoms with Gasteiger partial charge in [-0.1, -0.05) is 23.7 Å². The zero-order chi connectivity index (χ0) is 21.1. The summed E-state index contributed by atoms with van der Waals surface area (Å²) in [6, 6.07) is 8.43. The third-order valence-electron chi connectivity index (χ3n) is 4.69. The van der Waals surface area contributed by atoms with Crippen molar-refractivity contribution in [3.05, 3.63) is 64.7 Å². The van der Waals surface area contributed by atoms with Crippen LogP contribution in [0.3, 0.4) is 0 Å². The molecule has 2 unspecified atom stereocenters. The molecule has 29 heavy (non-hydrogen) atoms. The number of nitrogens with zero attached hydrogens (tertiary/aromatic N) is 1. The molecule has 0 spiro atoms. The molecule has 1 aliphatic rings. The predicted octanol–water partition coefficient (Wildman–Crippen LogP) is 2.57. The van der Waals surface area contributed by atoms with Gasteiger partial charge in [-0.25, -0.2) is 8.78 Å². The van der Waals surface area contributed by atoms with Gasteiger partial charge < -0.3 is 15.5 Å². The SMILES string of the molecule is CNC(=O)C(NC(=O)C1CC(=O)N(c2cccc(Cl)c2)C1)c1ccc(F)c(F)c1. The molecule has 0 aliphatic carbocycles. The van der Waals surface area contributed by atoms with Crippen molar-refractivity contribution in [2.75, 3.05) is 18.5 Å². The molecule has 1 heterocycles. The normalized spacial score (nSPS) is 17.2. The average Bonchev–Trinajstić information content (AvgIpc) is 3.09. The lowest BCUT2D eigenvalue weighted by Crippen LogP contribution is -2.42. The van der Waals surface area contributed by atoms with Gasteiger partial charge in [0.05, 0.1) is 5.92 Å². The molecular formula is C20H18ClF2N3O3. The number of hydrogen-bond donors (Lipinski definition) is 2. The summed E-state index contributed by atoms with van der Waals surface area (Å²) in [5, 5.41) is 5.37. The first-order valence-corrected chi connectivity index (χ1v) is 9.20. The number of nitrogens with one attached hydrogen (secondary N) is 2. The van der Waals surface area contributed by atoms with Gasteiger partial charge in [-0.3, -0.25) is 14.4 Å². The van der Waals surface area contributed by atoms with E-state index in [1.54, 1.807) is 24.3 Å². The molecule has 3 amide bonds. The standard InChI is InChI=1S/C20H18ClF2N3O3/c1-24-20(29)18(11-5-6-15(22)16(23)7-11)25-19(28)12-8-17(27)26(10-12)14-4-2-3-13(21)9-14/h2-7,9,12,18H,8,10H2,1H3,(H,24,29)(H,25,28). The molecule has 2 aromatic rings. The number of likely N-dealkylation sites (N-methyl/N-ethyl adjacent to an activating group) is 1. The summed E-state index contributed by atoms with van der Waals surface area (Å²) in [6.07, 6.45) is -0.0450. The molecule has 9 heteroatoms. The highest BCUT2D eigenvalue weighted by molar-refractivity contribution is 6.31. The maximum absolute atomic E-state index is 13.6. The summed E-state index contributed by atoms with van der Waals surface area (Å²) >= 11 is 5.96. The minimum atomic E-state index is -1.22. The number of carbonyl (C=O) groups excluding carboxylic acids is 3. The largest absolute Gasteiger partial charge is 0.357 e. The molecule has 0 radical (unpaired) electrons. The van der Waals surface area contributed by atoms with Gasteiger partial charge in [-0.05, 0) is 35.9 Å². The van der Waals surface area contributed by atoms with E-state index in [1.165, 1.54) is 18.0 Å². The van der Waals surface area contributed by atoms with E-state index < -0.39 is 35.4 Å². The maximum atomic E-state index is 13.6. The van der Waals surface area contributed by atoms with Crippen LogP contribution in [-0.4, -0.2) is 31.3 Å². The lowest BCUT2D eigenvalue weighted by Gasteiger charge is -2.20. The molecule has 1 fully saturated rings. The van der Waals surface area contributed by atoms with Crippen LogP contribution >= 0.6 is 11.6 Å². The quantitative estimate of drug-likeness (QED) is 0.779. The molecule has 3 rings (SSSR count). The maximum Gasteiger partial charge on any atom is 0.246 e. The summed E-state index contributed by atoms with van der Waals surface area (Å²) in [4.78, 5) is 38.7. The number of carbonyl (C=O) groups is 3. The molecule has 2 atom stereocenters. The Morgan fingerprint density at radius 3 is 2.59 bits per heavy atom. The van der Waals surface area contributed by atoms with Crippen LogP contribution in [0.2, 0.25) is 5.02 Å². The first kappa shape index (κ1) is 20.7. The summed E-state index contributed by atoms with van der Waals surface area (Å²) < 4.78 is 26.8. The highest BCUT2D eigenvalue weighted by atomic mass is 35.5. The zero-order valence-corrected chi connectivity index (χ0v) is 16.2. The van der Waals surface area contributed by atoms with E-state index in [2.05, 4.69) is 10.6 Å². The molecule has 1 saturated heterocycles. The van der Waals surface area contributed by atoms with Crippen LogP contribution in [0.1, 0.15) is 18.0 Å². The molecule has 2 N–H and O–H groups in total. The Labute approximate surface area is 170 Å². The van der Waals surface area contributed by atoms with Crippen molar-refractivity contribution in [2.24, 2.45) is 5.92 Å². The summed E-state index contributed by atoms with van der Waals surface area (Å²) in [7, 11) is 1.36. The molecule has 152 valence electrons. The number of benzene rings is 2. The van der Waals surface area contributed by atoms with E-state index in [-0.39, 0.29) is 24.4 Å². The average molecular weight is 422 g/mol. The van der Waals surface area contributed by atoms with Crippen molar-refractivity contribution in [3.8, 4) is 0 Å². The molecule has 2 aromatic carbocycles. The number of rotatable bonds is 5. The highest BCUT2D eigenvalue weighted by Gasteiger charge is 2.37. The Morgan fingerprint density at radius 2 is 1.93 bits per heavy atom. The number of anilines is 1. The van der Waals surface area contributed by atoms with Crippen LogP contribution in [0, 0.1) is 17.6 Å². The topological polar surface area (TPSA) is 78.5 Å². The second kappa shape index (κ2) is 8.57. The van der Waals surface area contributed by atoms with Gasteiger partial charge in [0.1, 0.15) is 6.04 Å². The van der Waals surface area contributed by atoms with E-state index in [9.17, 15) is 23.2 Å². The Balaban J connectivity index is 1.77. The van der Waals surface area contributed by atoms with Crippen LogP contribution in [0.15, 0.2) is 42.5 Å². The van der Waals surface area contributed by atoms with E-state index in [4.69, 9.17) is 11.6 Å². The van der Waals surface area contributed by atoms with Crippen LogP contribution in [-0.2, 0) is 14.4 Å². The van der Waals surface area contributed by atoms with Crippen LogP contribution in [0.5, 0.6) is 0 Å². The van der Waals surface area contributed by atoms with Crippen molar-refractivity contribution in [1.29, 1.82) is 0 Å². The van der Waals surface area contributed by atoms with E-state index in [0.717, 1.165) is 12.1 Å². The molecule has 0 aromatic heterocycles. The summed E-state index contributed by atoms with van der Waals surface area (Å²) in [5.74, 6) is -4.29. The third-order valence-corrected chi connectivity index (χ3v) is 4.92. The van der Waals surface area contributed by atoms with Crippen molar-refractivity contribution in [3.63, 3.8) is 0 Å². The Morgan fingerprint density at radius 1 is 1.17 bits per heavy atom. The summed E-state index contributed by atoms with van der Waals surface area (Å²) in [5.41, 5.74) is 0.661. The van der Waals surface area contributed by atoms with E-state index in [1.807, 2.05) is 0 Å². The van der Waals surface area contributed by atoms with Crippen molar-refractivity contribution in [1.82, 2.24) is 10.6 Å². The lowest BCUT2D eigenvalue weighted by atomic mass is 10.0. The van der Waals surface area contributed by atoms with E-state index >= 15 is 0 Å². The highest BCUT2D eigenvalue weighted by Crippen LogP contribution is 2.28. The third kappa shape index (κ3) is 4.54. The monoisotopic (exact) mass is 421 g/mol. The van der Waals surface area contributed by atoms with Gasteiger partial charge in [0, 0.05) is 30.7 Å². The molecule has 6 nitrogen and oxygen atoms in total. The second-order valence-electron chi connectivity index (χ2n) is 6.61. The van der Waals surface area contributed by atoms with Crippen molar-refractivity contribution < 1.29 is 23.2 Å². The van der Waals surface area contributed by atoms with Gasteiger partial charge in [0.25, 0.3) is 0 Å². The van der Waals surface area contributed by atoms with Crippen molar-refractivity contribution >= 4 is 35.0 Å². The fourth-order valence-corrected chi connectivity index (χ4v) is 3.36. The minimum Gasteiger partial charge on any atom is -0.357 e. The Kier molecular flexibility index (Phi) is 6.12. The molecule has 1 aliphatic heterocycles. The second-order valence-corrected chi connectivity index (χ2v) is 7.05. The predicted molar refractivity (Wildman–Crippen MR) is 103 cm³/mol. The van der Waals surface area contributed by atoms with Gasteiger partial charge in [0.2, 0.25) is 17.7 Å². The smallest absolute Gasteiger partial charge is 0.246 e. The Hall–Kier alpha value is -3.00. The zero-order valence-electron chi connectivity index (χ0n) is 15.4.